The minimum Gasteiger partial charge on any atom is -0.275 e. The molecule has 2 rings (SSSR count). The van der Waals surface area contributed by atoms with Gasteiger partial charge in [0.05, 0.1) is 5.69 Å². The van der Waals surface area contributed by atoms with Crippen LogP contribution in [-0.2, 0) is 7.05 Å². The van der Waals surface area contributed by atoms with E-state index < -0.39 is 0 Å². The summed E-state index contributed by atoms with van der Waals surface area (Å²) in [5.41, 5.74) is 3.55. The van der Waals surface area contributed by atoms with Crippen LogP contribution in [0.15, 0.2) is 23.0 Å². The van der Waals surface area contributed by atoms with Crippen molar-refractivity contribution >= 4 is 11.3 Å². The molecule has 0 N–H and O–H groups in total. The molecule has 2 aromatic heterocycles. The molecule has 0 amide bonds. The zero-order valence-corrected chi connectivity index (χ0v) is 7.93. The number of aryl methyl sites for hydroxylation is 2. The largest absolute Gasteiger partial charge is 0.275 e. The Balaban J connectivity index is 2.54. The zero-order chi connectivity index (χ0) is 8.55. The van der Waals surface area contributed by atoms with Crippen molar-refractivity contribution in [3.63, 3.8) is 0 Å². The van der Waals surface area contributed by atoms with Crippen molar-refractivity contribution in [2.75, 3.05) is 0 Å². The third kappa shape index (κ3) is 1.16. The van der Waals surface area contributed by atoms with Crippen LogP contribution in [-0.4, -0.2) is 9.78 Å². The summed E-state index contributed by atoms with van der Waals surface area (Å²) in [4.78, 5) is 0. The van der Waals surface area contributed by atoms with Crippen LogP contribution in [0.4, 0.5) is 0 Å². The minimum atomic E-state index is 1.10. The Labute approximate surface area is 75.5 Å². The maximum atomic E-state index is 4.38. The van der Waals surface area contributed by atoms with Crippen LogP contribution < -0.4 is 0 Å². The molecule has 2 heterocycles. The van der Waals surface area contributed by atoms with Gasteiger partial charge in [0.15, 0.2) is 0 Å². The lowest BCUT2D eigenvalue weighted by atomic mass is 10.2. The Morgan fingerprint density at radius 2 is 2.33 bits per heavy atom. The SMILES string of the molecule is Cc1cn(C)nc1-c1ccsc1. The lowest BCUT2D eigenvalue weighted by molar-refractivity contribution is 0.770. The van der Waals surface area contributed by atoms with Gasteiger partial charge in [0.1, 0.15) is 0 Å². The first-order valence-corrected chi connectivity index (χ1v) is 4.74. The van der Waals surface area contributed by atoms with Crippen molar-refractivity contribution in [1.82, 2.24) is 9.78 Å². The maximum Gasteiger partial charge on any atom is 0.0960 e. The molecule has 62 valence electrons. The Bertz CT molecular complexity index is 373. The van der Waals surface area contributed by atoms with Gasteiger partial charge in [0.25, 0.3) is 0 Å². The fourth-order valence-electron chi connectivity index (χ4n) is 1.29. The summed E-state index contributed by atoms with van der Waals surface area (Å²) in [5, 5.41) is 8.57. The number of nitrogens with zero attached hydrogens (tertiary/aromatic N) is 2. The fourth-order valence-corrected chi connectivity index (χ4v) is 1.93. The molecule has 0 unspecified atom stereocenters. The van der Waals surface area contributed by atoms with Gasteiger partial charge in [0, 0.05) is 24.2 Å². The molecular formula is C9H10N2S. The summed E-state index contributed by atoms with van der Waals surface area (Å²) in [6.07, 6.45) is 2.03. The predicted octanol–water partition coefficient (Wildman–Crippen LogP) is 2.46. The van der Waals surface area contributed by atoms with Gasteiger partial charge in [-0.15, -0.1) is 0 Å². The van der Waals surface area contributed by atoms with E-state index in [9.17, 15) is 0 Å². The Morgan fingerprint density at radius 1 is 1.50 bits per heavy atom. The van der Waals surface area contributed by atoms with E-state index in [1.54, 1.807) is 11.3 Å². The van der Waals surface area contributed by atoms with Gasteiger partial charge in [0.2, 0.25) is 0 Å². The fraction of sp³-hybridized carbons (Fsp3) is 0.222. The molecule has 0 radical (unpaired) electrons. The Kier molecular flexibility index (Phi) is 1.73. The van der Waals surface area contributed by atoms with Crippen molar-refractivity contribution in [3.05, 3.63) is 28.6 Å². The van der Waals surface area contributed by atoms with Gasteiger partial charge in [-0.05, 0) is 23.9 Å². The second-order valence-electron chi connectivity index (χ2n) is 2.85. The van der Waals surface area contributed by atoms with Crippen LogP contribution in [0.1, 0.15) is 5.56 Å². The van der Waals surface area contributed by atoms with Crippen LogP contribution in [0.3, 0.4) is 0 Å². The average molecular weight is 178 g/mol. The van der Waals surface area contributed by atoms with Crippen LogP contribution in [0.25, 0.3) is 11.3 Å². The molecule has 0 aliphatic heterocycles. The maximum absolute atomic E-state index is 4.38. The minimum absolute atomic E-state index is 1.10. The van der Waals surface area contributed by atoms with E-state index in [1.807, 2.05) is 17.9 Å². The number of hydrogen-bond donors (Lipinski definition) is 0. The zero-order valence-electron chi connectivity index (χ0n) is 7.11. The molecular weight excluding hydrogens is 168 g/mol. The third-order valence-corrected chi connectivity index (χ3v) is 2.49. The van der Waals surface area contributed by atoms with Crippen molar-refractivity contribution in [2.45, 2.75) is 6.92 Å². The van der Waals surface area contributed by atoms with Crippen molar-refractivity contribution in [1.29, 1.82) is 0 Å². The van der Waals surface area contributed by atoms with Crippen molar-refractivity contribution in [2.24, 2.45) is 7.05 Å². The van der Waals surface area contributed by atoms with Gasteiger partial charge >= 0.3 is 0 Å². The summed E-state index contributed by atoms with van der Waals surface area (Å²) in [7, 11) is 1.95. The highest BCUT2D eigenvalue weighted by molar-refractivity contribution is 7.08. The molecule has 0 bridgehead atoms. The molecule has 0 saturated carbocycles. The molecule has 2 aromatic rings. The van der Waals surface area contributed by atoms with E-state index in [0.29, 0.717) is 0 Å². The predicted molar refractivity (Wildman–Crippen MR) is 51.3 cm³/mol. The van der Waals surface area contributed by atoms with Crippen LogP contribution >= 0.6 is 11.3 Å². The quantitative estimate of drug-likeness (QED) is 0.656. The topological polar surface area (TPSA) is 17.8 Å². The summed E-state index contributed by atoms with van der Waals surface area (Å²) >= 11 is 1.70. The van der Waals surface area contributed by atoms with Crippen LogP contribution in [0, 0.1) is 6.92 Å². The number of rotatable bonds is 1. The summed E-state index contributed by atoms with van der Waals surface area (Å²) in [5.74, 6) is 0. The molecule has 0 aliphatic rings. The smallest absolute Gasteiger partial charge is 0.0960 e. The van der Waals surface area contributed by atoms with E-state index >= 15 is 0 Å². The third-order valence-electron chi connectivity index (χ3n) is 1.81. The molecule has 3 heteroatoms. The van der Waals surface area contributed by atoms with E-state index in [4.69, 9.17) is 0 Å². The van der Waals surface area contributed by atoms with E-state index in [2.05, 4.69) is 28.8 Å². The summed E-state index contributed by atoms with van der Waals surface area (Å²) in [6, 6.07) is 2.10. The molecule has 0 fully saturated rings. The molecule has 0 saturated heterocycles. The van der Waals surface area contributed by atoms with Gasteiger partial charge in [-0.1, -0.05) is 0 Å². The highest BCUT2D eigenvalue weighted by atomic mass is 32.1. The second-order valence-corrected chi connectivity index (χ2v) is 3.63. The first kappa shape index (κ1) is 7.55. The molecule has 0 aromatic carbocycles. The first-order chi connectivity index (χ1) is 5.77. The highest BCUT2D eigenvalue weighted by Crippen LogP contribution is 2.22. The number of thiophene rings is 1. The van der Waals surface area contributed by atoms with E-state index in [0.717, 1.165) is 5.69 Å². The molecule has 0 spiro atoms. The lowest BCUT2D eigenvalue weighted by Gasteiger charge is -1.90. The number of aromatic nitrogens is 2. The molecule has 0 aliphatic carbocycles. The Morgan fingerprint density at radius 3 is 2.83 bits per heavy atom. The van der Waals surface area contributed by atoms with Gasteiger partial charge in [-0.25, -0.2) is 0 Å². The summed E-state index contributed by atoms with van der Waals surface area (Å²) in [6.45, 7) is 2.08. The first-order valence-electron chi connectivity index (χ1n) is 3.80. The molecule has 0 atom stereocenters. The van der Waals surface area contributed by atoms with E-state index in [-0.39, 0.29) is 0 Å². The average Bonchev–Trinajstić information content (AvgIpc) is 2.58. The van der Waals surface area contributed by atoms with Gasteiger partial charge < -0.3 is 0 Å². The van der Waals surface area contributed by atoms with E-state index in [1.165, 1.54) is 11.1 Å². The molecule has 2 nitrogen and oxygen atoms in total. The molecule has 12 heavy (non-hydrogen) atoms. The second kappa shape index (κ2) is 2.75. The van der Waals surface area contributed by atoms with Gasteiger partial charge in [-0.2, -0.15) is 16.4 Å². The highest BCUT2D eigenvalue weighted by Gasteiger charge is 2.05. The lowest BCUT2D eigenvalue weighted by Crippen LogP contribution is -1.86. The van der Waals surface area contributed by atoms with Crippen LogP contribution in [0.2, 0.25) is 0 Å². The monoisotopic (exact) mass is 178 g/mol. The van der Waals surface area contributed by atoms with Gasteiger partial charge in [-0.3, -0.25) is 4.68 Å². The number of hydrogen-bond acceptors (Lipinski definition) is 2. The standard InChI is InChI=1S/C9H10N2S/c1-7-5-11(2)10-9(7)8-3-4-12-6-8/h3-6H,1-2H3. The normalized spacial score (nSPS) is 10.5. The van der Waals surface area contributed by atoms with Crippen molar-refractivity contribution < 1.29 is 0 Å². The summed E-state index contributed by atoms with van der Waals surface area (Å²) < 4.78 is 1.85. The Hall–Kier alpha value is -1.09. The van der Waals surface area contributed by atoms with Crippen molar-refractivity contribution in [3.8, 4) is 11.3 Å². The van der Waals surface area contributed by atoms with Crippen LogP contribution in [0.5, 0.6) is 0 Å².